The molecule has 12 nitrogen and oxygen atoms in total. The highest BCUT2D eigenvalue weighted by Crippen LogP contribution is 2.65. The van der Waals surface area contributed by atoms with E-state index in [1.54, 1.807) is 56.3 Å². The fourth-order valence-corrected chi connectivity index (χ4v) is 7.19. The maximum atomic E-state index is 14.2. The summed E-state index contributed by atoms with van der Waals surface area (Å²) in [6.07, 6.45) is -1.12. The minimum Gasteiger partial charge on any atom is -0.446 e. The van der Waals surface area contributed by atoms with Crippen LogP contribution < -0.4 is 10.6 Å². The van der Waals surface area contributed by atoms with Gasteiger partial charge >= 0.3 is 6.09 Å². The first-order valence-electron chi connectivity index (χ1n) is 18.6. The summed E-state index contributed by atoms with van der Waals surface area (Å²) in [4.78, 5) is 96.7. The molecule has 1 aliphatic carbocycles. The highest BCUT2D eigenvalue weighted by molar-refractivity contribution is 6.38. The maximum Gasteiger partial charge on any atom is 0.408 e. The minimum atomic E-state index is -0.967. The predicted octanol–water partition coefficient (Wildman–Crippen LogP) is 4.89. The van der Waals surface area contributed by atoms with Gasteiger partial charge in [-0.2, -0.15) is 0 Å². The quantitative estimate of drug-likeness (QED) is 0.215. The SMILES string of the molecule is CCCC(CC(=O)[C@@H]1[C@@H]2[C@H](CN1C(=O)[C@@H](NC(=O)O[C@H](C)C(C)C)C(C)(C)C)C2(C)C)C(=O)C(=O)CCC(=O)N[C@H](C(=O)N(C)C)c1ccccc1. The van der Waals surface area contributed by atoms with Crippen molar-refractivity contribution in [3.8, 4) is 0 Å². The van der Waals surface area contributed by atoms with Crippen molar-refractivity contribution < 1.29 is 38.3 Å². The number of fused-ring (bicyclic) bond motifs is 1. The molecular weight excluding hydrogens is 664 g/mol. The standard InChI is InChI=1S/C40H60N4O8/c1-12-16-26(34(48)28(45)19-20-30(47)41-32(36(49)43(10)11)25-17-14-13-15-18-25)21-29(46)33-31-27(40(31,8)9)22-44(33)37(50)35(39(5,6)7)42-38(51)52-24(4)23(2)3/h13-15,17-18,23-24,26-27,31-33,35H,12,16,19-22H2,1-11H3,(H,41,47)(H,42,51)/t24-,26?,27+,31+,32+,33-,35-/m1/s1. The van der Waals surface area contributed by atoms with Crippen molar-refractivity contribution in [1.29, 1.82) is 0 Å². The molecule has 1 saturated heterocycles. The smallest absolute Gasteiger partial charge is 0.408 e. The van der Waals surface area contributed by atoms with E-state index in [0.29, 0.717) is 24.9 Å². The molecule has 1 aromatic rings. The second-order valence-corrected chi connectivity index (χ2v) is 16.8. The summed E-state index contributed by atoms with van der Waals surface area (Å²) >= 11 is 0. The molecule has 3 rings (SSSR count). The average molecular weight is 725 g/mol. The van der Waals surface area contributed by atoms with E-state index in [-0.39, 0.29) is 66.1 Å². The van der Waals surface area contributed by atoms with Gasteiger partial charge in [-0.05, 0) is 47.5 Å². The Bertz CT molecular complexity index is 1500. The van der Waals surface area contributed by atoms with Gasteiger partial charge < -0.3 is 25.2 Å². The van der Waals surface area contributed by atoms with Crippen LogP contribution in [0, 0.1) is 34.5 Å². The normalized spacial score (nSPS) is 21.2. The summed E-state index contributed by atoms with van der Waals surface area (Å²) in [6, 6.07) is 6.03. The van der Waals surface area contributed by atoms with Crippen LogP contribution in [0.1, 0.15) is 106 Å². The number of benzene rings is 1. The van der Waals surface area contributed by atoms with Gasteiger partial charge in [0.25, 0.3) is 0 Å². The molecule has 1 saturated carbocycles. The predicted molar refractivity (Wildman–Crippen MR) is 197 cm³/mol. The number of amides is 4. The Morgan fingerprint density at radius 3 is 2.12 bits per heavy atom. The summed E-state index contributed by atoms with van der Waals surface area (Å²) in [6.45, 7) is 17.5. The van der Waals surface area contributed by atoms with Gasteiger partial charge in [-0.25, -0.2) is 4.79 Å². The number of ether oxygens (including phenoxy) is 1. The molecule has 1 aromatic carbocycles. The van der Waals surface area contributed by atoms with Gasteiger partial charge in [0, 0.05) is 45.8 Å². The van der Waals surface area contributed by atoms with Crippen molar-refractivity contribution in [2.75, 3.05) is 20.6 Å². The molecule has 288 valence electrons. The molecule has 2 aliphatic rings. The van der Waals surface area contributed by atoms with E-state index in [4.69, 9.17) is 4.74 Å². The summed E-state index contributed by atoms with van der Waals surface area (Å²) in [5.74, 6) is -3.90. The second-order valence-electron chi connectivity index (χ2n) is 16.8. The number of carbonyl (C=O) groups excluding carboxylic acids is 7. The number of ketones is 3. The van der Waals surface area contributed by atoms with Crippen molar-refractivity contribution in [2.24, 2.45) is 34.5 Å². The first-order valence-corrected chi connectivity index (χ1v) is 18.6. The van der Waals surface area contributed by atoms with E-state index in [1.807, 2.05) is 41.5 Å². The fraction of sp³-hybridized carbons (Fsp3) is 0.675. The highest BCUT2D eigenvalue weighted by atomic mass is 16.6. The lowest BCUT2D eigenvalue weighted by Crippen LogP contribution is -2.58. The molecule has 52 heavy (non-hydrogen) atoms. The zero-order valence-electron chi connectivity index (χ0n) is 32.9. The topological polar surface area (TPSA) is 159 Å². The van der Waals surface area contributed by atoms with E-state index in [0.717, 1.165) is 0 Å². The zero-order chi connectivity index (χ0) is 39.3. The molecule has 12 heteroatoms. The molecule has 4 amide bonds. The van der Waals surface area contributed by atoms with Gasteiger partial charge in [0.2, 0.25) is 23.5 Å². The van der Waals surface area contributed by atoms with Gasteiger partial charge in [0.05, 0.1) is 6.04 Å². The lowest BCUT2D eigenvalue weighted by molar-refractivity contribution is -0.145. The van der Waals surface area contributed by atoms with E-state index in [1.165, 1.54) is 4.90 Å². The van der Waals surface area contributed by atoms with Crippen molar-refractivity contribution in [3.63, 3.8) is 0 Å². The number of carbonyl (C=O) groups is 7. The highest BCUT2D eigenvalue weighted by Gasteiger charge is 2.69. The van der Waals surface area contributed by atoms with Gasteiger partial charge in [-0.15, -0.1) is 0 Å². The number of nitrogens with zero attached hydrogens (tertiary/aromatic N) is 2. The molecule has 1 heterocycles. The minimum absolute atomic E-state index is 0.0815. The zero-order valence-corrected chi connectivity index (χ0v) is 32.9. The molecule has 0 radical (unpaired) electrons. The van der Waals surface area contributed by atoms with Gasteiger partial charge in [-0.3, -0.25) is 28.8 Å². The van der Waals surface area contributed by atoms with E-state index >= 15 is 0 Å². The number of likely N-dealkylation sites (tertiary alicyclic amines) is 1. The van der Waals surface area contributed by atoms with Gasteiger partial charge in [0.1, 0.15) is 18.2 Å². The third-order valence-electron chi connectivity index (χ3n) is 10.9. The summed E-state index contributed by atoms with van der Waals surface area (Å²) in [5, 5.41) is 5.45. The maximum absolute atomic E-state index is 14.2. The van der Waals surface area contributed by atoms with E-state index in [2.05, 4.69) is 24.5 Å². The van der Waals surface area contributed by atoms with Crippen molar-refractivity contribution >= 4 is 41.2 Å². The third-order valence-corrected chi connectivity index (χ3v) is 10.9. The Kier molecular flexibility index (Phi) is 14.0. The van der Waals surface area contributed by atoms with Crippen molar-refractivity contribution in [1.82, 2.24) is 20.4 Å². The van der Waals surface area contributed by atoms with Crippen LogP contribution in [-0.4, -0.2) is 89.8 Å². The van der Waals surface area contributed by atoms with Crippen LogP contribution in [0.25, 0.3) is 0 Å². The van der Waals surface area contributed by atoms with Crippen LogP contribution >= 0.6 is 0 Å². The number of hydrogen-bond donors (Lipinski definition) is 2. The Morgan fingerprint density at radius 2 is 1.58 bits per heavy atom. The first-order chi connectivity index (χ1) is 24.1. The molecular formula is C40H60N4O8. The third kappa shape index (κ3) is 10.1. The molecule has 0 spiro atoms. The second kappa shape index (κ2) is 17.2. The van der Waals surface area contributed by atoms with Gasteiger partial charge in [0.15, 0.2) is 11.6 Å². The fourth-order valence-electron chi connectivity index (χ4n) is 7.19. The van der Waals surface area contributed by atoms with Crippen molar-refractivity contribution in [3.05, 3.63) is 35.9 Å². The molecule has 0 aromatic heterocycles. The van der Waals surface area contributed by atoms with Crippen LogP contribution in [0.5, 0.6) is 0 Å². The van der Waals surface area contributed by atoms with Crippen LogP contribution in [0.3, 0.4) is 0 Å². The lowest BCUT2D eigenvalue weighted by Gasteiger charge is -2.38. The molecule has 1 unspecified atom stereocenters. The van der Waals surface area contributed by atoms with E-state index in [9.17, 15) is 33.6 Å². The molecule has 0 bridgehead atoms. The summed E-state index contributed by atoms with van der Waals surface area (Å²) in [7, 11) is 3.16. The van der Waals surface area contributed by atoms with Crippen LogP contribution in [0.15, 0.2) is 30.3 Å². The molecule has 7 atom stereocenters. The average Bonchev–Trinajstić information content (AvgIpc) is 3.37. The lowest BCUT2D eigenvalue weighted by atomic mass is 9.84. The Balaban J connectivity index is 1.73. The number of likely N-dealkylation sites (N-methyl/N-ethyl adjacent to an activating group) is 1. The number of piperidine rings is 1. The molecule has 1 aliphatic heterocycles. The van der Waals surface area contributed by atoms with Crippen LogP contribution in [0.4, 0.5) is 4.79 Å². The molecule has 2 fully saturated rings. The first kappa shape index (κ1) is 42.3. The largest absolute Gasteiger partial charge is 0.446 e. The monoisotopic (exact) mass is 724 g/mol. The Hall–Kier alpha value is -4.09. The van der Waals surface area contributed by atoms with Crippen molar-refractivity contribution in [2.45, 2.75) is 119 Å². The number of nitrogens with one attached hydrogen (secondary N) is 2. The number of hydrogen-bond acceptors (Lipinski definition) is 8. The van der Waals surface area contributed by atoms with E-state index < -0.39 is 53.0 Å². The van der Waals surface area contributed by atoms with Crippen LogP contribution in [-0.2, 0) is 33.5 Å². The van der Waals surface area contributed by atoms with Gasteiger partial charge in [-0.1, -0.05) is 92.1 Å². The summed E-state index contributed by atoms with van der Waals surface area (Å²) in [5.41, 5.74) is -0.302. The number of Topliss-reactive ketones (excluding diaryl/α,β-unsaturated/α-hetero) is 3. The Labute approximate surface area is 309 Å². The number of alkyl carbamates (subject to hydrolysis) is 1. The molecule has 2 N–H and O–H groups in total. The number of rotatable bonds is 17. The van der Waals surface area contributed by atoms with Crippen LogP contribution in [0.2, 0.25) is 0 Å². The summed E-state index contributed by atoms with van der Waals surface area (Å²) < 4.78 is 5.51. The Morgan fingerprint density at radius 1 is 0.962 bits per heavy atom.